The highest BCUT2D eigenvalue weighted by Crippen LogP contribution is 2.32. The topological polar surface area (TPSA) is 57.1 Å². The van der Waals surface area contributed by atoms with E-state index < -0.39 is 6.17 Å². The molecule has 6 heteroatoms. The van der Waals surface area contributed by atoms with Gasteiger partial charge in [0.15, 0.2) is 11.3 Å². The van der Waals surface area contributed by atoms with Crippen molar-refractivity contribution in [3.05, 3.63) is 106 Å². The van der Waals surface area contributed by atoms with Gasteiger partial charge in [0.25, 0.3) is 5.91 Å². The molecule has 0 aromatic heterocycles. The maximum atomic E-state index is 13.3. The van der Waals surface area contributed by atoms with Gasteiger partial charge in [0.2, 0.25) is 0 Å². The number of nitrogens with zero attached hydrogens (tertiary/aromatic N) is 3. The average molecular weight is 469 g/mol. The molecule has 5 rings (SSSR count). The number of amides is 1. The quantitative estimate of drug-likeness (QED) is 0.621. The lowest BCUT2D eigenvalue weighted by Crippen LogP contribution is -2.50. The predicted octanol–water partition coefficient (Wildman–Crippen LogP) is 4.37. The van der Waals surface area contributed by atoms with Crippen LogP contribution >= 0.6 is 11.8 Å². The predicted molar refractivity (Wildman–Crippen MR) is 138 cm³/mol. The van der Waals surface area contributed by atoms with Gasteiger partial charge in [-0.1, -0.05) is 105 Å². The van der Waals surface area contributed by atoms with Gasteiger partial charge in [-0.25, -0.2) is 5.01 Å². The number of hydrogen-bond donors (Lipinski definition) is 1. The highest BCUT2D eigenvalue weighted by Gasteiger charge is 2.34. The third-order valence-electron chi connectivity index (χ3n) is 6.09. The highest BCUT2D eigenvalue weighted by atomic mass is 32.2. The van der Waals surface area contributed by atoms with Gasteiger partial charge < -0.3 is 0 Å². The van der Waals surface area contributed by atoms with Crippen LogP contribution in [0.3, 0.4) is 0 Å². The molecule has 0 bridgehead atoms. The molecule has 2 heterocycles. The third kappa shape index (κ3) is 4.38. The molecule has 0 saturated heterocycles. The first kappa shape index (κ1) is 22.4. The van der Waals surface area contributed by atoms with Crippen LogP contribution in [0.5, 0.6) is 0 Å². The molecule has 34 heavy (non-hydrogen) atoms. The van der Waals surface area contributed by atoms with E-state index in [2.05, 4.69) is 81.5 Å². The summed E-state index contributed by atoms with van der Waals surface area (Å²) in [7, 11) is 0. The number of fused-ring (bicyclic) bond motifs is 2. The van der Waals surface area contributed by atoms with Crippen LogP contribution in [0.4, 0.5) is 0 Å². The molecule has 1 atom stereocenters. The third-order valence-corrected chi connectivity index (χ3v) is 7.02. The van der Waals surface area contributed by atoms with Crippen LogP contribution in [-0.4, -0.2) is 16.1 Å². The number of hydrazone groups is 1. The standard InChI is InChI=1S/C28H28N4OS/c1-18-9-11-19(12-10-18)17-34-27-30-26(33)24-22-7-5-6-8-23(22)29-25(32(24)31-27)20-13-15-21(16-14-20)28(2,3)4/h5-16,25H,17H2,1-4H3,(H,30,31,33)/t25-/m0/s1. The van der Waals surface area contributed by atoms with Gasteiger partial charge in [0, 0.05) is 11.0 Å². The van der Waals surface area contributed by atoms with Crippen molar-refractivity contribution >= 4 is 28.5 Å². The molecule has 2 aliphatic rings. The van der Waals surface area contributed by atoms with E-state index in [9.17, 15) is 4.79 Å². The number of amidine groups is 1. The Balaban J connectivity index is 1.53. The average Bonchev–Trinajstić information content (AvgIpc) is 2.82. The number of nitrogens with one attached hydrogen (secondary N) is 1. The Morgan fingerprint density at radius 3 is 2.38 bits per heavy atom. The highest BCUT2D eigenvalue weighted by molar-refractivity contribution is 8.13. The van der Waals surface area contributed by atoms with Gasteiger partial charge in [-0.3, -0.25) is 15.1 Å². The molecule has 3 aromatic rings. The van der Waals surface area contributed by atoms with E-state index >= 15 is 0 Å². The summed E-state index contributed by atoms with van der Waals surface area (Å²) < 4.78 is 0. The van der Waals surface area contributed by atoms with Crippen LogP contribution in [0.15, 0.2) is 82.9 Å². The minimum Gasteiger partial charge on any atom is -0.298 e. The fraction of sp³-hybridized carbons (Fsp3) is 0.250. The van der Waals surface area contributed by atoms with Gasteiger partial charge >= 0.3 is 0 Å². The normalized spacial score (nSPS) is 17.4. The zero-order valence-electron chi connectivity index (χ0n) is 19.9. The zero-order valence-corrected chi connectivity index (χ0v) is 20.7. The Kier molecular flexibility index (Phi) is 5.78. The number of benzene rings is 3. The van der Waals surface area contributed by atoms with E-state index in [0.717, 1.165) is 21.9 Å². The molecule has 3 aromatic carbocycles. The van der Waals surface area contributed by atoms with Crippen LogP contribution in [0, 0.1) is 6.92 Å². The summed E-state index contributed by atoms with van der Waals surface area (Å²) >= 11 is 1.52. The van der Waals surface area contributed by atoms with Gasteiger partial charge in [0.05, 0.1) is 5.36 Å². The Morgan fingerprint density at radius 2 is 1.68 bits per heavy atom. The van der Waals surface area contributed by atoms with Crippen LogP contribution in [0.25, 0.3) is 5.70 Å². The molecule has 172 valence electrons. The molecule has 0 unspecified atom stereocenters. The van der Waals surface area contributed by atoms with E-state index in [0.29, 0.717) is 10.9 Å². The summed E-state index contributed by atoms with van der Waals surface area (Å²) in [5, 5.41) is 11.8. The van der Waals surface area contributed by atoms with Gasteiger partial charge in [-0.15, -0.1) is 5.10 Å². The van der Waals surface area contributed by atoms with Crippen molar-refractivity contribution in [2.75, 3.05) is 0 Å². The Morgan fingerprint density at radius 1 is 0.971 bits per heavy atom. The lowest BCUT2D eigenvalue weighted by Gasteiger charge is -2.34. The van der Waals surface area contributed by atoms with E-state index in [-0.39, 0.29) is 11.3 Å². The van der Waals surface area contributed by atoms with Crippen molar-refractivity contribution in [1.29, 1.82) is 0 Å². The molecular formula is C28H28N4OS. The van der Waals surface area contributed by atoms with Crippen molar-refractivity contribution in [2.45, 2.75) is 45.0 Å². The van der Waals surface area contributed by atoms with Gasteiger partial charge in [0.1, 0.15) is 5.70 Å². The number of aryl methyl sites for hydroxylation is 1. The number of thioether (sulfide) groups is 1. The van der Waals surface area contributed by atoms with Crippen LogP contribution in [0.2, 0.25) is 0 Å². The first-order chi connectivity index (χ1) is 16.3. The summed E-state index contributed by atoms with van der Waals surface area (Å²) in [6.07, 6.45) is -0.403. The zero-order chi connectivity index (χ0) is 23.9. The molecule has 1 amide bonds. The second kappa shape index (κ2) is 8.76. The SMILES string of the molecule is Cc1ccc(CSC2=NN3C(=c4ccccc4=N[C@@H]3c3ccc(C(C)(C)C)cc3)C(=O)N2)cc1. The van der Waals surface area contributed by atoms with Crippen molar-refractivity contribution in [1.82, 2.24) is 10.3 Å². The number of hydrogen-bond acceptors (Lipinski definition) is 5. The Bertz CT molecular complexity index is 1390. The summed E-state index contributed by atoms with van der Waals surface area (Å²) in [5.41, 5.74) is 5.27. The maximum Gasteiger partial charge on any atom is 0.276 e. The molecule has 2 aliphatic heterocycles. The van der Waals surface area contributed by atoms with Crippen LogP contribution in [0.1, 0.15) is 49.2 Å². The minimum absolute atomic E-state index is 0.0646. The van der Waals surface area contributed by atoms with Crippen LogP contribution in [-0.2, 0) is 16.0 Å². The summed E-state index contributed by atoms with van der Waals surface area (Å²) in [6, 6.07) is 24.7. The molecule has 0 radical (unpaired) electrons. The van der Waals surface area contributed by atoms with E-state index in [1.165, 1.54) is 28.5 Å². The number of carbonyl (C=O) groups is 1. The van der Waals surface area contributed by atoms with Crippen molar-refractivity contribution in [3.63, 3.8) is 0 Å². The van der Waals surface area contributed by atoms with Gasteiger partial charge in [-0.2, -0.15) is 0 Å². The molecule has 5 nitrogen and oxygen atoms in total. The molecular weight excluding hydrogens is 440 g/mol. The molecule has 0 fully saturated rings. The molecule has 0 saturated carbocycles. The number of carbonyl (C=O) groups excluding carboxylic acids is 1. The second-order valence-corrected chi connectivity index (χ2v) is 10.7. The van der Waals surface area contributed by atoms with E-state index in [4.69, 9.17) is 10.1 Å². The number of para-hydroxylation sites is 1. The second-order valence-electron chi connectivity index (χ2n) is 9.72. The Hall–Kier alpha value is -3.38. The minimum atomic E-state index is -0.403. The first-order valence-electron chi connectivity index (χ1n) is 11.4. The lowest BCUT2D eigenvalue weighted by atomic mass is 9.86. The van der Waals surface area contributed by atoms with Crippen molar-refractivity contribution in [3.8, 4) is 0 Å². The largest absolute Gasteiger partial charge is 0.298 e. The summed E-state index contributed by atoms with van der Waals surface area (Å²) in [6.45, 7) is 8.68. The van der Waals surface area contributed by atoms with E-state index in [1.54, 1.807) is 5.01 Å². The van der Waals surface area contributed by atoms with Crippen LogP contribution < -0.4 is 15.9 Å². The summed E-state index contributed by atoms with van der Waals surface area (Å²) in [5.74, 6) is 0.571. The fourth-order valence-corrected chi connectivity index (χ4v) is 4.91. The Labute approximate surface area is 204 Å². The summed E-state index contributed by atoms with van der Waals surface area (Å²) in [4.78, 5) is 18.3. The maximum absolute atomic E-state index is 13.3. The lowest BCUT2D eigenvalue weighted by molar-refractivity contribution is -0.116. The van der Waals surface area contributed by atoms with E-state index in [1.807, 2.05) is 24.3 Å². The van der Waals surface area contributed by atoms with Gasteiger partial charge in [-0.05, 0) is 35.1 Å². The first-order valence-corrected chi connectivity index (χ1v) is 12.4. The molecule has 0 spiro atoms. The molecule has 1 N–H and O–H groups in total. The fourth-order valence-electron chi connectivity index (χ4n) is 4.10. The van der Waals surface area contributed by atoms with Crippen molar-refractivity contribution in [2.24, 2.45) is 10.1 Å². The smallest absolute Gasteiger partial charge is 0.276 e. The molecule has 0 aliphatic carbocycles. The monoisotopic (exact) mass is 468 g/mol. The number of rotatable bonds is 3. The van der Waals surface area contributed by atoms with Crippen molar-refractivity contribution < 1.29 is 4.79 Å².